The summed E-state index contributed by atoms with van der Waals surface area (Å²) in [6.45, 7) is 10.6. The Morgan fingerprint density at radius 2 is 1.97 bits per heavy atom. The Morgan fingerprint density at radius 1 is 1.19 bits per heavy atom. The summed E-state index contributed by atoms with van der Waals surface area (Å²) in [6, 6.07) is 10.5. The third-order valence-electron chi connectivity index (χ3n) is 6.74. The van der Waals surface area contributed by atoms with E-state index in [-0.39, 0.29) is 17.2 Å². The molecule has 0 saturated carbocycles. The first-order chi connectivity index (χ1) is 15.0. The van der Waals surface area contributed by atoms with E-state index in [4.69, 9.17) is 4.52 Å². The highest BCUT2D eigenvalue weighted by Gasteiger charge is 2.57. The molecule has 1 atom stereocenters. The van der Waals surface area contributed by atoms with Gasteiger partial charge in [-0.25, -0.2) is 0 Å². The largest absolute Gasteiger partial charge is 0.339 e. The third kappa shape index (κ3) is 3.44. The molecular weight excluding hydrogens is 392 g/mol. The van der Waals surface area contributed by atoms with E-state index >= 15 is 0 Å². The van der Waals surface area contributed by atoms with E-state index in [1.54, 1.807) is 6.20 Å². The predicted molar refractivity (Wildman–Crippen MR) is 114 cm³/mol. The Balaban J connectivity index is 1.36. The Hall–Kier alpha value is -3.00. The Kier molecular flexibility index (Phi) is 4.89. The van der Waals surface area contributed by atoms with Crippen LogP contribution in [-0.2, 0) is 13.1 Å². The van der Waals surface area contributed by atoms with Gasteiger partial charge in [-0.1, -0.05) is 35.5 Å². The van der Waals surface area contributed by atoms with Gasteiger partial charge in [-0.3, -0.25) is 14.4 Å². The smallest absolute Gasteiger partial charge is 0.257 e. The summed E-state index contributed by atoms with van der Waals surface area (Å²) in [6.07, 6.45) is 1.70. The number of carbonyl (C=O) groups is 1. The summed E-state index contributed by atoms with van der Waals surface area (Å²) in [5, 5.41) is 8.36. The zero-order chi connectivity index (χ0) is 21.6. The molecule has 5 rings (SSSR count). The molecule has 2 saturated heterocycles. The van der Waals surface area contributed by atoms with Crippen LogP contribution < -0.4 is 0 Å². The van der Waals surface area contributed by atoms with Crippen LogP contribution in [0.1, 0.15) is 46.2 Å². The average molecular weight is 421 g/mol. The minimum absolute atomic E-state index is 0.0575. The molecule has 2 aromatic heterocycles. The van der Waals surface area contributed by atoms with Gasteiger partial charge in [-0.15, -0.1) is 0 Å². The number of hydrogen-bond donors (Lipinski definition) is 0. The number of aromatic nitrogens is 4. The second kappa shape index (κ2) is 7.60. The van der Waals surface area contributed by atoms with E-state index in [0.29, 0.717) is 30.4 Å². The van der Waals surface area contributed by atoms with E-state index in [1.807, 2.05) is 36.4 Å². The highest BCUT2D eigenvalue weighted by molar-refractivity contribution is 5.95. The Morgan fingerprint density at radius 3 is 2.61 bits per heavy atom. The predicted octanol–water partition coefficient (Wildman–Crippen LogP) is 2.64. The topological polar surface area (TPSA) is 80.3 Å². The van der Waals surface area contributed by atoms with Gasteiger partial charge >= 0.3 is 0 Å². The van der Waals surface area contributed by atoms with Crippen LogP contribution in [-0.4, -0.2) is 61.8 Å². The van der Waals surface area contributed by atoms with Crippen molar-refractivity contribution in [3.05, 3.63) is 65.1 Å². The Labute approximate surface area is 181 Å². The van der Waals surface area contributed by atoms with Gasteiger partial charge in [-0.2, -0.15) is 10.1 Å². The van der Waals surface area contributed by atoms with Crippen molar-refractivity contribution in [2.45, 2.75) is 39.8 Å². The molecule has 2 aliphatic rings. The fourth-order valence-corrected chi connectivity index (χ4v) is 5.15. The van der Waals surface area contributed by atoms with Gasteiger partial charge in [0.25, 0.3) is 5.91 Å². The second-order valence-corrected chi connectivity index (χ2v) is 8.87. The normalized spacial score (nSPS) is 20.4. The number of hydrogen-bond acceptors (Lipinski definition) is 6. The van der Waals surface area contributed by atoms with Crippen molar-refractivity contribution in [2.75, 3.05) is 26.2 Å². The number of likely N-dealkylation sites (tertiary alicyclic amines) is 2. The summed E-state index contributed by atoms with van der Waals surface area (Å²) in [7, 11) is 0. The quantitative estimate of drug-likeness (QED) is 0.631. The maximum atomic E-state index is 13.1. The van der Waals surface area contributed by atoms with E-state index in [0.717, 1.165) is 31.9 Å². The number of nitrogens with zero attached hydrogens (tertiary/aromatic N) is 6. The molecule has 1 aromatic carbocycles. The molecule has 2 aliphatic heterocycles. The number of aryl methyl sites for hydroxylation is 2. The number of rotatable bonds is 5. The zero-order valence-corrected chi connectivity index (χ0v) is 18.3. The minimum Gasteiger partial charge on any atom is -0.339 e. The van der Waals surface area contributed by atoms with Gasteiger partial charge in [0.2, 0.25) is 5.89 Å². The first-order valence-electron chi connectivity index (χ1n) is 10.9. The maximum Gasteiger partial charge on any atom is 0.257 e. The van der Waals surface area contributed by atoms with Crippen molar-refractivity contribution >= 4 is 5.91 Å². The molecule has 0 bridgehead atoms. The van der Waals surface area contributed by atoms with Gasteiger partial charge in [0.15, 0.2) is 5.82 Å². The molecule has 162 valence electrons. The van der Waals surface area contributed by atoms with Gasteiger partial charge in [0, 0.05) is 50.4 Å². The summed E-state index contributed by atoms with van der Waals surface area (Å²) in [4.78, 5) is 22.1. The molecule has 31 heavy (non-hydrogen) atoms. The molecule has 1 unspecified atom stereocenters. The number of benzene rings is 1. The van der Waals surface area contributed by atoms with Crippen molar-refractivity contribution in [1.82, 2.24) is 29.7 Å². The average Bonchev–Trinajstić information content (AvgIpc) is 3.43. The second-order valence-electron chi connectivity index (χ2n) is 8.87. The third-order valence-corrected chi connectivity index (χ3v) is 6.74. The first-order valence-corrected chi connectivity index (χ1v) is 10.9. The van der Waals surface area contributed by atoms with Gasteiger partial charge in [0.1, 0.15) is 0 Å². The molecular formula is C23H28N6O2. The summed E-state index contributed by atoms with van der Waals surface area (Å²) < 4.78 is 7.46. The lowest BCUT2D eigenvalue weighted by molar-refractivity contribution is -0.00131. The highest BCUT2D eigenvalue weighted by Crippen LogP contribution is 2.49. The van der Waals surface area contributed by atoms with Gasteiger partial charge in [0.05, 0.1) is 17.7 Å². The lowest BCUT2D eigenvalue weighted by Crippen LogP contribution is -2.61. The van der Waals surface area contributed by atoms with Crippen molar-refractivity contribution in [2.24, 2.45) is 5.41 Å². The summed E-state index contributed by atoms with van der Waals surface area (Å²) in [5.41, 5.74) is 2.85. The minimum atomic E-state index is -0.0575. The molecule has 0 N–H and O–H groups in total. The van der Waals surface area contributed by atoms with Crippen LogP contribution in [0.4, 0.5) is 0 Å². The molecule has 1 amide bonds. The van der Waals surface area contributed by atoms with Gasteiger partial charge < -0.3 is 9.42 Å². The van der Waals surface area contributed by atoms with Crippen LogP contribution in [0, 0.1) is 19.3 Å². The summed E-state index contributed by atoms with van der Waals surface area (Å²) >= 11 is 0. The van der Waals surface area contributed by atoms with Gasteiger partial charge in [-0.05, 0) is 26.3 Å². The monoisotopic (exact) mass is 420 g/mol. The SMILES string of the molecule is CCn1ncc(C(=O)N2CC3(CN(Cc4ccccc4)CC3c3nc(C)no3)C2)c1C. The van der Waals surface area contributed by atoms with Crippen molar-refractivity contribution < 1.29 is 9.32 Å². The zero-order valence-electron chi connectivity index (χ0n) is 18.3. The van der Waals surface area contributed by atoms with Crippen LogP contribution in [0.25, 0.3) is 0 Å². The van der Waals surface area contributed by atoms with Crippen LogP contribution in [0.2, 0.25) is 0 Å². The van der Waals surface area contributed by atoms with E-state index < -0.39 is 0 Å². The molecule has 0 radical (unpaired) electrons. The lowest BCUT2D eigenvalue weighted by Gasteiger charge is -2.50. The Bertz CT molecular complexity index is 1080. The van der Waals surface area contributed by atoms with Crippen molar-refractivity contribution in [3.63, 3.8) is 0 Å². The standard InChI is InChI=1S/C23H28N6O2/c1-4-29-16(2)19(10-24-29)22(30)28-14-23(15-28)13-27(11-18-8-6-5-7-9-18)12-20(23)21-25-17(3)26-31-21/h5-10,20H,4,11-15H2,1-3H3. The molecule has 4 heterocycles. The molecule has 8 heteroatoms. The molecule has 8 nitrogen and oxygen atoms in total. The maximum absolute atomic E-state index is 13.1. The highest BCUT2D eigenvalue weighted by atomic mass is 16.5. The molecule has 2 fully saturated rings. The van der Waals surface area contributed by atoms with Crippen LogP contribution >= 0.6 is 0 Å². The van der Waals surface area contributed by atoms with Crippen molar-refractivity contribution in [1.29, 1.82) is 0 Å². The fraction of sp³-hybridized carbons (Fsp3) is 0.478. The van der Waals surface area contributed by atoms with E-state index in [9.17, 15) is 4.79 Å². The van der Waals surface area contributed by atoms with Crippen LogP contribution in [0.15, 0.2) is 41.1 Å². The number of carbonyl (C=O) groups excluding carboxylic acids is 1. The number of amides is 1. The molecule has 3 aromatic rings. The first kappa shape index (κ1) is 19.9. The van der Waals surface area contributed by atoms with E-state index in [2.05, 4.69) is 44.4 Å². The molecule has 0 aliphatic carbocycles. The van der Waals surface area contributed by atoms with Crippen LogP contribution in [0.3, 0.4) is 0 Å². The van der Waals surface area contributed by atoms with Crippen molar-refractivity contribution in [3.8, 4) is 0 Å². The molecule has 1 spiro atoms. The summed E-state index contributed by atoms with van der Waals surface area (Å²) in [5.74, 6) is 1.53. The lowest BCUT2D eigenvalue weighted by atomic mass is 9.71. The van der Waals surface area contributed by atoms with E-state index in [1.165, 1.54) is 5.56 Å². The van der Waals surface area contributed by atoms with Crippen LogP contribution in [0.5, 0.6) is 0 Å². The fourth-order valence-electron chi connectivity index (χ4n) is 5.15.